The van der Waals surface area contributed by atoms with Crippen molar-refractivity contribution in [1.82, 2.24) is 15.2 Å². The van der Waals surface area contributed by atoms with Gasteiger partial charge < -0.3 is 15.0 Å². The highest BCUT2D eigenvalue weighted by atomic mass is 16.5. The maximum atomic E-state index is 11.3. The molecule has 1 fully saturated rings. The molecule has 164 valence electrons. The largest absolute Gasteiger partial charge is 0.488 e. The lowest BCUT2D eigenvalue weighted by Crippen LogP contribution is -2.39. The Balaban J connectivity index is 1.53. The van der Waals surface area contributed by atoms with Crippen molar-refractivity contribution >= 4 is 16.8 Å². The monoisotopic (exact) mass is 411 g/mol. The summed E-state index contributed by atoms with van der Waals surface area (Å²) in [5.74, 6) is 1.08. The second kappa shape index (κ2) is 11.9. The van der Waals surface area contributed by atoms with Crippen molar-refractivity contribution in [2.24, 2.45) is 0 Å². The fourth-order valence-electron chi connectivity index (χ4n) is 4.12. The minimum atomic E-state index is 0.139. The van der Waals surface area contributed by atoms with Gasteiger partial charge in [-0.3, -0.25) is 9.78 Å². The number of aryl methyl sites for hydroxylation is 1. The molecule has 2 aromatic rings. The molecular weight excluding hydrogens is 374 g/mol. The molecule has 30 heavy (non-hydrogen) atoms. The molecule has 2 heterocycles. The molecule has 5 heteroatoms. The normalized spacial score (nSPS) is 15.4. The Morgan fingerprint density at radius 3 is 2.80 bits per heavy atom. The quantitative estimate of drug-likeness (QED) is 0.543. The van der Waals surface area contributed by atoms with Gasteiger partial charge in [0.25, 0.3) is 0 Å². The van der Waals surface area contributed by atoms with Crippen molar-refractivity contribution in [3.63, 3.8) is 0 Å². The van der Waals surface area contributed by atoms with Gasteiger partial charge in [0, 0.05) is 37.6 Å². The smallest absolute Gasteiger partial charge is 0.219 e. The van der Waals surface area contributed by atoms with Gasteiger partial charge in [0.1, 0.15) is 17.4 Å². The van der Waals surface area contributed by atoms with Gasteiger partial charge in [-0.1, -0.05) is 32.8 Å². The second-order valence-corrected chi connectivity index (χ2v) is 8.34. The Morgan fingerprint density at radius 2 is 2.03 bits per heavy atom. The fraction of sp³-hybridized carbons (Fsp3) is 0.600. The minimum Gasteiger partial charge on any atom is -0.488 e. The van der Waals surface area contributed by atoms with E-state index in [0.717, 1.165) is 63.1 Å². The summed E-state index contributed by atoms with van der Waals surface area (Å²) in [5, 5.41) is 4.13. The zero-order valence-electron chi connectivity index (χ0n) is 18.7. The van der Waals surface area contributed by atoms with Crippen LogP contribution in [0.1, 0.15) is 64.4 Å². The Hall–Kier alpha value is -2.14. The van der Waals surface area contributed by atoms with Crippen LogP contribution in [0.2, 0.25) is 0 Å². The second-order valence-electron chi connectivity index (χ2n) is 8.34. The van der Waals surface area contributed by atoms with Gasteiger partial charge in [-0.25, -0.2) is 0 Å². The third-order valence-corrected chi connectivity index (χ3v) is 5.92. The van der Waals surface area contributed by atoms with Crippen LogP contribution in [0.25, 0.3) is 10.9 Å². The van der Waals surface area contributed by atoms with Gasteiger partial charge in [0.05, 0.1) is 0 Å². The predicted molar refractivity (Wildman–Crippen MR) is 123 cm³/mol. The van der Waals surface area contributed by atoms with Crippen LogP contribution in [0.5, 0.6) is 5.75 Å². The van der Waals surface area contributed by atoms with E-state index in [1.807, 2.05) is 19.2 Å². The minimum absolute atomic E-state index is 0.139. The van der Waals surface area contributed by atoms with Crippen LogP contribution in [-0.4, -0.2) is 48.1 Å². The number of fused-ring (bicyclic) bond motifs is 1. The molecule has 0 atom stereocenters. The van der Waals surface area contributed by atoms with E-state index in [-0.39, 0.29) is 12.0 Å². The molecule has 5 nitrogen and oxygen atoms in total. The maximum absolute atomic E-state index is 11.3. The molecule has 1 aromatic heterocycles. The van der Waals surface area contributed by atoms with Crippen molar-refractivity contribution in [2.75, 3.05) is 26.2 Å². The van der Waals surface area contributed by atoms with E-state index in [2.05, 4.69) is 40.3 Å². The standard InChI is InChI=1S/C25H37N3O2/c1-3-5-6-9-20-18-21-10-7-13-27-25(21)23(19-20)30-22-11-16-28(17-12-22)15-8-14-26-24(29)4-2/h7,10,13,18-19,22H,3-6,8-9,11-12,14-17H2,1-2H3,(H,26,29). The van der Waals surface area contributed by atoms with Gasteiger partial charge in [-0.2, -0.15) is 0 Å². The predicted octanol–water partition coefficient (Wildman–Crippen LogP) is 4.73. The average Bonchev–Trinajstić information content (AvgIpc) is 2.78. The maximum Gasteiger partial charge on any atom is 0.219 e. The lowest BCUT2D eigenvalue weighted by Gasteiger charge is -2.32. The highest BCUT2D eigenvalue weighted by Crippen LogP contribution is 2.29. The van der Waals surface area contributed by atoms with Crippen molar-refractivity contribution in [1.29, 1.82) is 0 Å². The third kappa shape index (κ3) is 6.69. The summed E-state index contributed by atoms with van der Waals surface area (Å²) < 4.78 is 6.49. The number of carbonyl (C=O) groups is 1. The number of carbonyl (C=O) groups excluding carboxylic acids is 1. The molecule has 1 amide bonds. The number of hydrogen-bond acceptors (Lipinski definition) is 4. The molecule has 1 aliphatic rings. The van der Waals surface area contributed by atoms with Crippen LogP contribution in [0.4, 0.5) is 0 Å². The first-order valence-corrected chi connectivity index (χ1v) is 11.7. The number of amides is 1. The Kier molecular flexibility index (Phi) is 8.94. The van der Waals surface area contributed by atoms with E-state index in [9.17, 15) is 4.79 Å². The van der Waals surface area contributed by atoms with E-state index in [1.54, 1.807) is 0 Å². The highest BCUT2D eigenvalue weighted by Gasteiger charge is 2.21. The summed E-state index contributed by atoms with van der Waals surface area (Å²) >= 11 is 0. The number of nitrogens with one attached hydrogen (secondary N) is 1. The summed E-state index contributed by atoms with van der Waals surface area (Å²) in [6.07, 6.45) is 10.6. The van der Waals surface area contributed by atoms with E-state index in [0.29, 0.717) is 6.42 Å². The molecule has 0 saturated carbocycles. The van der Waals surface area contributed by atoms with Gasteiger partial charge in [0.2, 0.25) is 5.91 Å². The molecule has 0 radical (unpaired) electrons. The summed E-state index contributed by atoms with van der Waals surface area (Å²) in [6.45, 7) is 8.04. The van der Waals surface area contributed by atoms with Crippen LogP contribution in [-0.2, 0) is 11.2 Å². The third-order valence-electron chi connectivity index (χ3n) is 5.92. The number of hydrogen-bond donors (Lipinski definition) is 1. The zero-order chi connectivity index (χ0) is 21.2. The molecule has 0 spiro atoms. The molecule has 0 unspecified atom stereocenters. The molecule has 3 rings (SSSR count). The summed E-state index contributed by atoms with van der Waals surface area (Å²) in [7, 11) is 0. The molecule has 1 aliphatic heterocycles. The van der Waals surface area contributed by atoms with Crippen LogP contribution in [0.3, 0.4) is 0 Å². The molecule has 1 saturated heterocycles. The van der Waals surface area contributed by atoms with Gasteiger partial charge in [0.15, 0.2) is 0 Å². The van der Waals surface area contributed by atoms with E-state index >= 15 is 0 Å². The number of pyridine rings is 1. The van der Waals surface area contributed by atoms with E-state index in [1.165, 1.54) is 30.2 Å². The van der Waals surface area contributed by atoms with E-state index in [4.69, 9.17) is 4.74 Å². The van der Waals surface area contributed by atoms with Crippen molar-refractivity contribution in [2.45, 2.75) is 71.3 Å². The fourth-order valence-corrected chi connectivity index (χ4v) is 4.12. The molecule has 1 N–H and O–H groups in total. The van der Waals surface area contributed by atoms with Crippen molar-refractivity contribution in [3.05, 3.63) is 36.0 Å². The zero-order valence-corrected chi connectivity index (χ0v) is 18.7. The molecule has 0 bridgehead atoms. The lowest BCUT2D eigenvalue weighted by atomic mass is 10.0. The number of ether oxygens (including phenoxy) is 1. The molecule has 0 aliphatic carbocycles. The Morgan fingerprint density at radius 1 is 1.20 bits per heavy atom. The SMILES string of the molecule is CCCCCc1cc(OC2CCN(CCCNC(=O)CC)CC2)c2ncccc2c1. The number of unbranched alkanes of at least 4 members (excludes halogenated alkanes) is 2. The van der Waals surface area contributed by atoms with Gasteiger partial charge >= 0.3 is 0 Å². The molecular formula is C25H37N3O2. The lowest BCUT2D eigenvalue weighted by molar-refractivity contribution is -0.120. The summed E-state index contributed by atoms with van der Waals surface area (Å²) in [6, 6.07) is 8.63. The first kappa shape index (κ1) is 22.5. The summed E-state index contributed by atoms with van der Waals surface area (Å²) in [5.41, 5.74) is 2.33. The topological polar surface area (TPSA) is 54.5 Å². The number of likely N-dealkylation sites (tertiary alicyclic amines) is 1. The first-order valence-electron chi connectivity index (χ1n) is 11.7. The van der Waals surface area contributed by atoms with Gasteiger partial charge in [-0.15, -0.1) is 0 Å². The highest BCUT2D eigenvalue weighted by molar-refractivity contribution is 5.85. The number of rotatable bonds is 11. The van der Waals surface area contributed by atoms with Crippen LogP contribution >= 0.6 is 0 Å². The van der Waals surface area contributed by atoms with Crippen molar-refractivity contribution < 1.29 is 9.53 Å². The number of aromatic nitrogens is 1. The first-order chi connectivity index (χ1) is 14.7. The Labute approximate surface area is 181 Å². The Bertz CT molecular complexity index is 800. The van der Waals surface area contributed by atoms with E-state index < -0.39 is 0 Å². The molecule has 1 aromatic carbocycles. The van der Waals surface area contributed by atoms with Crippen molar-refractivity contribution in [3.8, 4) is 5.75 Å². The van der Waals surface area contributed by atoms with Gasteiger partial charge in [-0.05, 0) is 62.4 Å². The average molecular weight is 412 g/mol. The van der Waals surface area contributed by atoms with Crippen LogP contribution < -0.4 is 10.1 Å². The van der Waals surface area contributed by atoms with Crippen LogP contribution in [0.15, 0.2) is 30.5 Å². The summed E-state index contributed by atoms with van der Waals surface area (Å²) in [4.78, 5) is 18.4. The van der Waals surface area contributed by atoms with Crippen LogP contribution in [0, 0.1) is 0 Å². The number of nitrogens with zero attached hydrogens (tertiary/aromatic N) is 2. The number of benzene rings is 1. The number of piperidine rings is 1.